The second-order valence-electron chi connectivity index (χ2n) is 4.81. The molecule has 19 heavy (non-hydrogen) atoms. The van der Waals surface area contributed by atoms with E-state index in [-0.39, 0.29) is 0 Å². The van der Waals surface area contributed by atoms with Crippen molar-refractivity contribution in [2.75, 3.05) is 18.2 Å². The maximum Gasteiger partial charge on any atom is 0.150 e. The average molecular weight is 258 g/mol. The Labute approximate surface area is 112 Å². The Morgan fingerprint density at radius 1 is 1.42 bits per heavy atom. The zero-order chi connectivity index (χ0) is 13.4. The van der Waals surface area contributed by atoms with E-state index in [1.54, 1.807) is 0 Å². The Bertz CT molecular complexity index is 601. The first kappa shape index (κ1) is 11.9. The topological polar surface area (TPSA) is 79.1 Å². The van der Waals surface area contributed by atoms with Crippen molar-refractivity contribution in [1.82, 2.24) is 9.66 Å². The fourth-order valence-corrected chi connectivity index (χ4v) is 2.20. The third kappa shape index (κ3) is 2.12. The van der Waals surface area contributed by atoms with E-state index in [0.717, 1.165) is 35.7 Å². The highest BCUT2D eigenvalue weighted by molar-refractivity contribution is 5.72. The molecule has 1 aliphatic rings. The predicted molar refractivity (Wildman–Crippen MR) is 75.4 cm³/mol. The van der Waals surface area contributed by atoms with Crippen LogP contribution in [-0.4, -0.2) is 16.3 Å². The zero-order valence-corrected chi connectivity index (χ0v) is 11.0. The fraction of sp³-hybridized carbons (Fsp3) is 0.357. The summed E-state index contributed by atoms with van der Waals surface area (Å²) in [4.78, 5) is 4.60. The van der Waals surface area contributed by atoms with Gasteiger partial charge in [0.15, 0.2) is 5.82 Å². The molecule has 4 N–H and O–H groups in total. The average Bonchev–Trinajstić information content (AvgIpc) is 3.20. The van der Waals surface area contributed by atoms with E-state index in [4.69, 9.17) is 16.3 Å². The van der Waals surface area contributed by atoms with Crippen molar-refractivity contribution < 1.29 is 4.74 Å². The second-order valence-corrected chi connectivity index (χ2v) is 4.81. The number of hydrogen-bond donors (Lipinski definition) is 2. The molecule has 0 unspecified atom stereocenters. The lowest BCUT2D eigenvalue weighted by Gasteiger charge is -2.05. The van der Waals surface area contributed by atoms with Crippen LogP contribution in [-0.2, 0) is 0 Å². The Hall–Kier alpha value is -2.17. The standard InChI is InChI=1S/C14H18N4O/c1-2-19-11-5-3-4-10(8-11)12-13(15)18(16)14(17-12)9-6-7-9/h3-5,8-9H,2,6-7,15-16H2,1H3. The summed E-state index contributed by atoms with van der Waals surface area (Å²) in [5.74, 6) is 8.66. The van der Waals surface area contributed by atoms with Crippen LogP contribution in [0, 0.1) is 0 Å². The molecule has 2 aromatic rings. The number of rotatable bonds is 4. The number of benzene rings is 1. The van der Waals surface area contributed by atoms with Gasteiger partial charge in [-0.3, -0.25) is 0 Å². The summed E-state index contributed by atoms with van der Waals surface area (Å²) in [6.07, 6.45) is 2.29. The van der Waals surface area contributed by atoms with Gasteiger partial charge in [-0.25, -0.2) is 9.66 Å². The highest BCUT2D eigenvalue weighted by Crippen LogP contribution is 2.41. The molecule has 0 saturated heterocycles. The Balaban J connectivity index is 2.01. The molecule has 0 atom stereocenters. The molecule has 0 amide bonds. The number of anilines is 1. The van der Waals surface area contributed by atoms with Gasteiger partial charge >= 0.3 is 0 Å². The van der Waals surface area contributed by atoms with Gasteiger partial charge in [0.05, 0.1) is 6.61 Å². The predicted octanol–water partition coefficient (Wildman–Crippen LogP) is 2.12. The Morgan fingerprint density at radius 2 is 2.21 bits per heavy atom. The molecule has 0 radical (unpaired) electrons. The summed E-state index contributed by atoms with van der Waals surface area (Å²) >= 11 is 0. The number of nitrogens with zero attached hydrogens (tertiary/aromatic N) is 2. The van der Waals surface area contributed by atoms with Crippen LogP contribution in [0.15, 0.2) is 24.3 Å². The first-order valence-corrected chi connectivity index (χ1v) is 6.57. The second kappa shape index (κ2) is 4.50. The molecule has 1 saturated carbocycles. The van der Waals surface area contributed by atoms with Crippen molar-refractivity contribution in [3.8, 4) is 17.0 Å². The number of imidazole rings is 1. The molecule has 3 rings (SSSR count). The minimum Gasteiger partial charge on any atom is -0.494 e. The van der Waals surface area contributed by atoms with Gasteiger partial charge in [0.25, 0.3) is 0 Å². The molecular formula is C14H18N4O. The Morgan fingerprint density at radius 3 is 2.89 bits per heavy atom. The molecule has 5 nitrogen and oxygen atoms in total. The van der Waals surface area contributed by atoms with Crippen LogP contribution in [0.2, 0.25) is 0 Å². The van der Waals surface area contributed by atoms with Crippen LogP contribution in [0.4, 0.5) is 5.82 Å². The molecule has 0 spiro atoms. The van der Waals surface area contributed by atoms with E-state index in [1.807, 2.05) is 31.2 Å². The van der Waals surface area contributed by atoms with Gasteiger partial charge in [-0.1, -0.05) is 12.1 Å². The van der Waals surface area contributed by atoms with E-state index >= 15 is 0 Å². The van der Waals surface area contributed by atoms with Crippen LogP contribution >= 0.6 is 0 Å². The largest absolute Gasteiger partial charge is 0.494 e. The number of nitrogen functional groups attached to an aromatic ring is 2. The van der Waals surface area contributed by atoms with Crippen LogP contribution in [0.5, 0.6) is 5.75 Å². The Kier molecular flexibility index (Phi) is 2.81. The van der Waals surface area contributed by atoms with E-state index in [0.29, 0.717) is 18.3 Å². The number of hydrogen-bond acceptors (Lipinski definition) is 4. The first-order valence-electron chi connectivity index (χ1n) is 6.57. The van der Waals surface area contributed by atoms with Crippen LogP contribution in [0.3, 0.4) is 0 Å². The first-order chi connectivity index (χ1) is 9.20. The van der Waals surface area contributed by atoms with Crippen LogP contribution in [0.25, 0.3) is 11.3 Å². The van der Waals surface area contributed by atoms with Gasteiger partial charge in [-0.15, -0.1) is 0 Å². The third-order valence-corrected chi connectivity index (χ3v) is 3.34. The van der Waals surface area contributed by atoms with Gasteiger partial charge < -0.3 is 16.3 Å². The van der Waals surface area contributed by atoms with Gasteiger partial charge in [-0.2, -0.15) is 0 Å². The summed E-state index contributed by atoms with van der Waals surface area (Å²) < 4.78 is 7.01. The van der Waals surface area contributed by atoms with Crippen LogP contribution < -0.4 is 16.3 Å². The quantitative estimate of drug-likeness (QED) is 0.823. The number of nitrogens with two attached hydrogens (primary N) is 2. The summed E-state index contributed by atoms with van der Waals surface area (Å²) in [7, 11) is 0. The maximum absolute atomic E-state index is 6.06. The van der Waals surface area contributed by atoms with Crippen molar-refractivity contribution in [1.29, 1.82) is 0 Å². The summed E-state index contributed by atoms with van der Waals surface area (Å²) in [6, 6.07) is 7.77. The van der Waals surface area contributed by atoms with Crippen LogP contribution in [0.1, 0.15) is 31.5 Å². The summed E-state index contributed by atoms with van der Waals surface area (Å²) in [5, 5.41) is 0. The maximum atomic E-state index is 6.06. The molecule has 1 heterocycles. The molecule has 100 valence electrons. The van der Waals surface area contributed by atoms with Crippen molar-refractivity contribution in [2.24, 2.45) is 0 Å². The van der Waals surface area contributed by atoms with E-state index in [1.165, 1.54) is 4.68 Å². The van der Waals surface area contributed by atoms with Crippen molar-refractivity contribution in [3.63, 3.8) is 0 Å². The SMILES string of the molecule is CCOc1cccc(-c2nc(C3CC3)n(N)c2N)c1. The van der Waals surface area contributed by atoms with Gasteiger partial charge in [0.1, 0.15) is 17.3 Å². The van der Waals surface area contributed by atoms with E-state index < -0.39 is 0 Å². The minimum atomic E-state index is 0.469. The van der Waals surface area contributed by atoms with E-state index in [9.17, 15) is 0 Å². The molecule has 1 aromatic heterocycles. The highest BCUT2D eigenvalue weighted by atomic mass is 16.5. The van der Waals surface area contributed by atoms with Gasteiger partial charge in [0.2, 0.25) is 0 Å². The molecular weight excluding hydrogens is 240 g/mol. The molecule has 0 aliphatic heterocycles. The molecule has 0 bridgehead atoms. The molecule has 5 heteroatoms. The molecule has 1 fully saturated rings. The molecule has 1 aliphatic carbocycles. The lowest BCUT2D eigenvalue weighted by molar-refractivity contribution is 0.340. The zero-order valence-electron chi connectivity index (χ0n) is 11.0. The fourth-order valence-electron chi connectivity index (χ4n) is 2.20. The van der Waals surface area contributed by atoms with Crippen molar-refractivity contribution >= 4 is 5.82 Å². The minimum absolute atomic E-state index is 0.469. The van der Waals surface area contributed by atoms with Crippen molar-refractivity contribution in [3.05, 3.63) is 30.1 Å². The highest BCUT2D eigenvalue weighted by Gasteiger charge is 2.30. The van der Waals surface area contributed by atoms with E-state index in [2.05, 4.69) is 4.98 Å². The smallest absolute Gasteiger partial charge is 0.150 e. The third-order valence-electron chi connectivity index (χ3n) is 3.34. The summed E-state index contributed by atoms with van der Waals surface area (Å²) in [6.45, 7) is 2.60. The van der Waals surface area contributed by atoms with Gasteiger partial charge in [-0.05, 0) is 31.9 Å². The lowest BCUT2D eigenvalue weighted by Crippen LogP contribution is -2.14. The number of ether oxygens (including phenoxy) is 1. The monoisotopic (exact) mass is 258 g/mol. The molecule has 1 aromatic carbocycles. The lowest BCUT2D eigenvalue weighted by atomic mass is 10.1. The normalized spacial score (nSPS) is 14.6. The summed E-state index contributed by atoms with van der Waals surface area (Å²) in [5.41, 5.74) is 7.74. The number of aromatic nitrogens is 2. The van der Waals surface area contributed by atoms with Crippen molar-refractivity contribution in [2.45, 2.75) is 25.7 Å². The van der Waals surface area contributed by atoms with Gasteiger partial charge in [0, 0.05) is 11.5 Å².